The zero-order valence-corrected chi connectivity index (χ0v) is 11.6. The predicted octanol–water partition coefficient (Wildman–Crippen LogP) is 1.71. The molecular weight excluding hydrogens is 252 g/mol. The van der Waals surface area contributed by atoms with Crippen molar-refractivity contribution in [2.24, 2.45) is 5.73 Å². The molecular formula is C13H21ClN2O2. The molecule has 1 aromatic carbocycles. The van der Waals surface area contributed by atoms with E-state index in [0.29, 0.717) is 29.4 Å². The second-order valence-corrected chi connectivity index (χ2v) is 4.55. The van der Waals surface area contributed by atoms with Crippen LogP contribution in [0.15, 0.2) is 18.2 Å². The molecule has 4 nitrogen and oxygen atoms in total. The Balaban J connectivity index is 2.87. The average molecular weight is 273 g/mol. The third kappa shape index (κ3) is 4.14. The van der Waals surface area contributed by atoms with Crippen molar-refractivity contribution < 1.29 is 9.84 Å². The van der Waals surface area contributed by atoms with Crippen LogP contribution in [0.3, 0.4) is 0 Å². The monoisotopic (exact) mass is 272 g/mol. The number of aliphatic hydroxyl groups excluding tert-OH is 1. The molecule has 0 aromatic heterocycles. The standard InChI is InChI=1S/C13H21ClN2O2/c1-3-18-12-5-4-9(14)8-10(12)13(17)11(15)6-7-16-2/h4-5,8,11,13,16-17H,3,6-7,15H2,1-2H3. The molecule has 5 heteroatoms. The van der Waals surface area contributed by atoms with E-state index in [2.05, 4.69) is 5.32 Å². The maximum absolute atomic E-state index is 10.3. The van der Waals surface area contributed by atoms with Crippen molar-refractivity contribution in [2.75, 3.05) is 20.2 Å². The van der Waals surface area contributed by atoms with Crippen LogP contribution in [0.4, 0.5) is 0 Å². The lowest BCUT2D eigenvalue weighted by molar-refractivity contribution is 0.137. The van der Waals surface area contributed by atoms with E-state index in [9.17, 15) is 5.11 Å². The lowest BCUT2D eigenvalue weighted by Crippen LogP contribution is -2.31. The van der Waals surface area contributed by atoms with Gasteiger partial charge in [-0.15, -0.1) is 0 Å². The molecule has 1 aromatic rings. The molecule has 0 heterocycles. The van der Waals surface area contributed by atoms with Crippen molar-refractivity contribution >= 4 is 11.6 Å². The van der Waals surface area contributed by atoms with Crippen molar-refractivity contribution in [2.45, 2.75) is 25.5 Å². The Morgan fingerprint density at radius 2 is 2.22 bits per heavy atom. The Bertz CT molecular complexity index is 374. The topological polar surface area (TPSA) is 67.5 Å². The minimum atomic E-state index is -0.779. The molecule has 4 N–H and O–H groups in total. The summed E-state index contributed by atoms with van der Waals surface area (Å²) >= 11 is 5.95. The molecule has 0 radical (unpaired) electrons. The van der Waals surface area contributed by atoms with E-state index in [1.807, 2.05) is 14.0 Å². The first-order chi connectivity index (χ1) is 8.60. The van der Waals surface area contributed by atoms with Crippen molar-refractivity contribution in [3.63, 3.8) is 0 Å². The first-order valence-corrected chi connectivity index (χ1v) is 6.48. The quantitative estimate of drug-likeness (QED) is 0.707. The smallest absolute Gasteiger partial charge is 0.125 e. The van der Waals surface area contributed by atoms with Crippen LogP contribution in [-0.2, 0) is 0 Å². The van der Waals surface area contributed by atoms with Gasteiger partial charge in [-0.3, -0.25) is 0 Å². The summed E-state index contributed by atoms with van der Waals surface area (Å²) in [6, 6.07) is 4.85. The Kier molecular flexibility index (Phi) is 6.43. The molecule has 0 saturated carbocycles. The highest BCUT2D eigenvalue weighted by atomic mass is 35.5. The molecule has 2 atom stereocenters. The molecule has 0 saturated heterocycles. The Morgan fingerprint density at radius 3 is 2.83 bits per heavy atom. The number of rotatable bonds is 7. The zero-order valence-electron chi connectivity index (χ0n) is 10.8. The largest absolute Gasteiger partial charge is 0.493 e. The van der Waals surface area contributed by atoms with E-state index in [4.69, 9.17) is 22.1 Å². The van der Waals surface area contributed by atoms with Gasteiger partial charge >= 0.3 is 0 Å². The zero-order chi connectivity index (χ0) is 13.5. The van der Waals surface area contributed by atoms with Gasteiger partial charge in [-0.2, -0.15) is 0 Å². The van der Waals surface area contributed by atoms with Crippen molar-refractivity contribution in [3.05, 3.63) is 28.8 Å². The highest BCUT2D eigenvalue weighted by molar-refractivity contribution is 6.30. The van der Waals surface area contributed by atoms with Gasteiger partial charge in [0.2, 0.25) is 0 Å². The lowest BCUT2D eigenvalue weighted by Gasteiger charge is -2.21. The van der Waals surface area contributed by atoms with E-state index in [0.717, 1.165) is 6.54 Å². The molecule has 18 heavy (non-hydrogen) atoms. The first kappa shape index (κ1) is 15.2. The van der Waals surface area contributed by atoms with E-state index in [1.165, 1.54) is 0 Å². The highest BCUT2D eigenvalue weighted by Crippen LogP contribution is 2.30. The van der Waals surface area contributed by atoms with Crippen LogP contribution in [0, 0.1) is 0 Å². The Labute approximate surface area is 113 Å². The van der Waals surface area contributed by atoms with Crippen LogP contribution in [0.2, 0.25) is 5.02 Å². The summed E-state index contributed by atoms with van der Waals surface area (Å²) in [5.74, 6) is 0.634. The van der Waals surface area contributed by atoms with Gasteiger partial charge in [-0.25, -0.2) is 0 Å². The van der Waals surface area contributed by atoms with Gasteiger partial charge in [0.1, 0.15) is 5.75 Å². The molecule has 0 bridgehead atoms. The minimum absolute atomic E-state index is 0.352. The minimum Gasteiger partial charge on any atom is -0.493 e. The van der Waals surface area contributed by atoms with Crippen LogP contribution in [-0.4, -0.2) is 31.3 Å². The van der Waals surface area contributed by atoms with E-state index in [-0.39, 0.29) is 6.04 Å². The third-order valence-electron chi connectivity index (χ3n) is 2.72. The van der Waals surface area contributed by atoms with Crippen molar-refractivity contribution in [1.82, 2.24) is 5.32 Å². The van der Waals surface area contributed by atoms with Crippen LogP contribution in [0.5, 0.6) is 5.75 Å². The summed E-state index contributed by atoms with van der Waals surface area (Å²) in [7, 11) is 1.85. The van der Waals surface area contributed by atoms with Gasteiger partial charge in [0.05, 0.1) is 12.7 Å². The summed E-state index contributed by atoms with van der Waals surface area (Å²) in [6.45, 7) is 3.18. The molecule has 2 unspecified atom stereocenters. The van der Waals surface area contributed by atoms with E-state index < -0.39 is 6.10 Å². The molecule has 0 aliphatic heterocycles. The summed E-state index contributed by atoms with van der Waals surface area (Å²) in [5.41, 5.74) is 6.61. The fourth-order valence-corrected chi connectivity index (χ4v) is 1.92. The van der Waals surface area contributed by atoms with Crippen LogP contribution in [0.1, 0.15) is 25.0 Å². The van der Waals surface area contributed by atoms with Crippen LogP contribution in [0.25, 0.3) is 0 Å². The number of nitrogens with one attached hydrogen (secondary N) is 1. The first-order valence-electron chi connectivity index (χ1n) is 6.10. The van der Waals surface area contributed by atoms with Crippen molar-refractivity contribution in [3.8, 4) is 5.75 Å². The van der Waals surface area contributed by atoms with Crippen molar-refractivity contribution in [1.29, 1.82) is 0 Å². The highest BCUT2D eigenvalue weighted by Gasteiger charge is 2.20. The second-order valence-electron chi connectivity index (χ2n) is 4.12. The van der Waals surface area contributed by atoms with Crippen LogP contribution >= 0.6 is 11.6 Å². The number of hydrogen-bond donors (Lipinski definition) is 3. The molecule has 0 amide bonds. The Hall–Kier alpha value is -0.810. The van der Waals surface area contributed by atoms with E-state index in [1.54, 1.807) is 18.2 Å². The van der Waals surface area contributed by atoms with Gasteiger partial charge < -0.3 is 20.9 Å². The number of benzene rings is 1. The predicted molar refractivity (Wildman–Crippen MR) is 74.1 cm³/mol. The summed E-state index contributed by atoms with van der Waals surface area (Å²) in [5, 5.41) is 13.8. The molecule has 0 fully saturated rings. The third-order valence-corrected chi connectivity index (χ3v) is 2.96. The molecule has 0 spiro atoms. The van der Waals surface area contributed by atoms with Gasteiger partial charge in [-0.1, -0.05) is 11.6 Å². The molecule has 0 aliphatic carbocycles. The second kappa shape index (κ2) is 7.59. The molecule has 1 rings (SSSR count). The number of ether oxygens (including phenoxy) is 1. The fraction of sp³-hybridized carbons (Fsp3) is 0.538. The molecule has 102 valence electrons. The van der Waals surface area contributed by atoms with Gasteiger partial charge in [0, 0.05) is 16.6 Å². The fourth-order valence-electron chi connectivity index (χ4n) is 1.74. The average Bonchev–Trinajstić information content (AvgIpc) is 2.37. The van der Waals surface area contributed by atoms with E-state index >= 15 is 0 Å². The summed E-state index contributed by atoms with van der Waals surface area (Å²) in [4.78, 5) is 0. The van der Waals surface area contributed by atoms with Gasteiger partial charge in [0.15, 0.2) is 0 Å². The number of halogens is 1. The number of aliphatic hydroxyl groups is 1. The summed E-state index contributed by atoms with van der Waals surface area (Å²) in [6.07, 6.45) is -0.103. The van der Waals surface area contributed by atoms with Gasteiger partial charge in [-0.05, 0) is 45.1 Å². The normalized spacial score (nSPS) is 14.3. The number of hydrogen-bond acceptors (Lipinski definition) is 4. The number of nitrogens with two attached hydrogens (primary N) is 1. The Morgan fingerprint density at radius 1 is 1.50 bits per heavy atom. The summed E-state index contributed by atoms with van der Waals surface area (Å²) < 4.78 is 5.48. The maximum atomic E-state index is 10.3. The van der Waals surface area contributed by atoms with Gasteiger partial charge in [0.25, 0.3) is 0 Å². The maximum Gasteiger partial charge on any atom is 0.125 e. The molecule has 0 aliphatic rings. The lowest BCUT2D eigenvalue weighted by atomic mass is 9.99. The SMILES string of the molecule is CCOc1ccc(Cl)cc1C(O)C(N)CCNC. The van der Waals surface area contributed by atoms with Crippen LogP contribution < -0.4 is 15.8 Å².